The number of rotatable bonds is 5. The summed E-state index contributed by atoms with van der Waals surface area (Å²) in [5, 5.41) is 9.80. The number of nitrogens with zero attached hydrogens (tertiary/aromatic N) is 1. The van der Waals surface area contributed by atoms with Crippen LogP contribution in [0.2, 0.25) is 0 Å². The summed E-state index contributed by atoms with van der Waals surface area (Å²) in [5.74, 6) is -1.48. The highest BCUT2D eigenvalue weighted by Crippen LogP contribution is 2.34. The maximum absolute atomic E-state index is 12.3. The number of alkyl halides is 3. The van der Waals surface area contributed by atoms with Crippen molar-refractivity contribution in [2.45, 2.75) is 19.4 Å². The molecule has 1 aromatic carbocycles. The Morgan fingerprint density at radius 3 is 2.17 bits per heavy atom. The molecule has 0 radical (unpaired) electrons. The zero-order valence-corrected chi connectivity index (χ0v) is 14.3. The molecule has 24 heavy (non-hydrogen) atoms. The number of anilines is 1. The molecule has 6 nitrogen and oxygen atoms in total. The lowest BCUT2D eigenvalue weighted by atomic mass is 10.1. The highest BCUT2D eigenvalue weighted by Gasteiger charge is 2.49. The van der Waals surface area contributed by atoms with Gasteiger partial charge in [0.2, 0.25) is 0 Å². The topological polar surface area (TPSA) is 83.9 Å². The molecule has 0 atom stereocenters. The van der Waals surface area contributed by atoms with E-state index in [0.717, 1.165) is 6.07 Å². The van der Waals surface area contributed by atoms with Gasteiger partial charge in [-0.1, -0.05) is 13.8 Å². The molecule has 10 heteroatoms. The zero-order valence-electron chi connectivity index (χ0n) is 13.5. The van der Waals surface area contributed by atoms with Crippen molar-refractivity contribution in [3.05, 3.63) is 29.8 Å². The molecule has 0 aliphatic carbocycles. The molecular weight excluding hydrogens is 351 g/mol. The van der Waals surface area contributed by atoms with Gasteiger partial charge in [0, 0.05) is 31.9 Å². The first-order chi connectivity index (χ1) is 11.0. The molecule has 0 spiro atoms. The lowest BCUT2D eigenvalue weighted by Gasteiger charge is -2.16. The van der Waals surface area contributed by atoms with Crippen molar-refractivity contribution >= 4 is 27.9 Å². The van der Waals surface area contributed by atoms with Crippen LogP contribution in [0.5, 0.6) is 5.75 Å². The molecule has 0 heterocycles. The maximum atomic E-state index is 12.3. The fourth-order valence-electron chi connectivity index (χ4n) is 1.40. The normalized spacial score (nSPS) is 12.0. The van der Waals surface area contributed by atoms with Crippen molar-refractivity contribution in [2.24, 2.45) is 0 Å². The van der Waals surface area contributed by atoms with E-state index >= 15 is 0 Å². The van der Waals surface area contributed by atoms with Gasteiger partial charge in [-0.3, -0.25) is 4.79 Å². The Hall–Kier alpha value is -2.23. The number of aromatic hydroxyl groups is 1. The minimum absolute atomic E-state index is 0.0422. The van der Waals surface area contributed by atoms with E-state index in [-0.39, 0.29) is 11.8 Å². The first-order valence-corrected chi connectivity index (χ1v) is 8.07. The molecule has 0 unspecified atom stereocenters. The number of benzene rings is 1. The van der Waals surface area contributed by atoms with Gasteiger partial charge in [0.25, 0.3) is 0 Å². The van der Waals surface area contributed by atoms with Gasteiger partial charge < -0.3 is 14.2 Å². The third kappa shape index (κ3) is 5.44. The molecule has 0 bridgehead atoms. The molecule has 0 aliphatic heterocycles. The lowest BCUT2D eigenvalue weighted by molar-refractivity contribution is -0.104. The van der Waals surface area contributed by atoms with E-state index in [0.29, 0.717) is 11.8 Å². The van der Waals surface area contributed by atoms with E-state index in [1.54, 1.807) is 19.0 Å². The van der Waals surface area contributed by atoms with Gasteiger partial charge in [-0.2, -0.15) is 21.6 Å². The first-order valence-electron chi connectivity index (χ1n) is 6.66. The van der Waals surface area contributed by atoms with E-state index in [9.17, 15) is 31.5 Å². The molecule has 0 amide bonds. The number of hydrogen-bond donors (Lipinski definition) is 1. The van der Waals surface area contributed by atoms with Crippen LogP contribution >= 0.6 is 0 Å². The highest BCUT2D eigenvalue weighted by molar-refractivity contribution is 7.87. The smallest absolute Gasteiger partial charge is 0.507 e. The second-order valence-electron chi connectivity index (χ2n) is 4.25. The van der Waals surface area contributed by atoms with Gasteiger partial charge in [-0.15, -0.1) is 0 Å². The van der Waals surface area contributed by atoms with Gasteiger partial charge in [0.05, 0.1) is 5.56 Å². The summed E-state index contributed by atoms with van der Waals surface area (Å²) in [4.78, 5) is 12.1. The Labute approximate surface area is 138 Å². The number of carbonyl (C=O) groups is 1. The van der Waals surface area contributed by atoms with Crippen LogP contribution in [0.4, 0.5) is 18.9 Å². The summed E-state index contributed by atoms with van der Waals surface area (Å²) in [6.45, 7) is 4.00. The van der Waals surface area contributed by atoms with Crippen molar-refractivity contribution in [1.29, 1.82) is 0 Å². The summed E-state index contributed by atoms with van der Waals surface area (Å²) in [5.41, 5.74) is -5.52. The Morgan fingerprint density at radius 1 is 1.25 bits per heavy atom. The van der Waals surface area contributed by atoms with Gasteiger partial charge >= 0.3 is 15.6 Å². The summed E-state index contributed by atoms with van der Waals surface area (Å²) < 4.78 is 62.9. The Kier molecular flexibility index (Phi) is 7.78. The predicted octanol–water partition coefficient (Wildman–Crippen LogP) is 2.89. The number of carbonyl (C=O) groups excluding carboxylic acids is 1. The standard InChI is InChI=1S/C12H12F3NO5S.C2H6/c1-16(2)8-3-4-9(10(18)7-8)11(5-6-17)21-22(19,20)12(13,14)15;1-2/h3-7,18H,1-2H3;1-2H3/b11-5+;. The lowest BCUT2D eigenvalue weighted by Crippen LogP contribution is -2.25. The Bertz CT molecular complexity index is 697. The van der Waals surface area contributed by atoms with E-state index in [1.807, 2.05) is 13.8 Å². The van der Waals surface area contributed by atoms with Crippen molar-refractivity contribution in [3.8, 4) is 5.75 Å². The molecule has 0 saturated carbocycles. The highest BCUT2D eigenvalue weighted by atomic mass is 32.2. The molecule has 0 aromatic heterocycles. The van der Waals surface area contributed by atoms with Gasteiger partial charge in [-0.25, -0.2) is 0 Å². The van der Waals surface area contributed by atoms with Crippen molar-refractivity contribution in [2.75, 3.05) is 19.0 Å². The Balaban J connectivity index is 0.00000254. The number of halogens is 3. The summed E-state index contributed by atoms with van der Waals surface area (Å²) >= 11 is 0. The number of phenolic OH excluding ortho intramolecular Hbond substituents is 1. The minimum atomic E-state index is -5.96. The summed E-state index contributed by atoms with van der Waals surface area (Å²) in [6, 6.07) is 3.71. The predicted molar refractivity (Wildman–Crippen MR) is 83.9 cm³/mol. The monoisotopic (exact) mass is 369 g/mol. The van der Waals surface area contributed by atoms with Crippen LogP contribution in [0, 0.1) is 0 Å². The molecular formula is C14H18F3NO5S. The molecule has 1 rings (SSSR count). The first kappa shape index (κ1) is 21.8. The van der Waals surface area contributed by atoms with E-state index < -0.39 is 27.1 Å². The summed E-state index contributed by atoms with van der Waals surface area (Å²) in [7, 11) is -2.65. The third-order valence-corrected chi connectivity index (χ3v) is 3.43. The van der Waals surface area contributed by atoms with Crippen LogP contribution in [0.1, 0.15) is 19.4 Å². The van der Waals surface area contributed by atoms with E-state index in [2.05, 4.69) is 4.18 Å². The third-order valence-electron chi connectivity index (χ3n) is 2.47. The molecule has 0 aliphatic rings. The van der Waals surface area contributed by atoms with Crippen LogP contribution in [-0.4, -0.2) is 39.4 Å². The SMILES string of the molecule is CC.CN(C)c1ccc(/C(=C\C=O)OS(=O)(=O)C(F)(F)F)c(O)c1. The molecule has 0 saturated heterocycles. The second kappa shape index (κ2) is 8.57. The van der Waals surface area contributed by atoms with Gasteiger partial charge in [0.1, 0.15) is 12.0 Å². The van der Waals surface area contributed by atoms with Crippen LogP contribution in [0.25, 0.3) is 5.76 Å². The van der Waals surface area contributed by atoms with Crippen LogP contribution < -0.4 is 4.90 Å². The maximum Gasteiger partial charge on any atom is 0.534 e. The second-order valence-corrected chi connectivity index (χ2v) is 5.78. The van der Waals surface area contributed by atoms with Crippen molar-refractivity contribution in [3.63, 3.8) is 0 Å². The van der Waals surface area contributed by atoms with Crippen LogP contribution in [-0.2, 0) is 19.1 Å². The largest absolute Gasteiger partial charge is 0.534 e. The average Bonchev–Trinajstić information content (AvgIpc) is 2.47. The molecule has 1 N–H and O–H groups in total. The van der Waals surface area contributed by atoms with Gasteiger partial charge in [-0.05, 0) is 12.1 Å². The average molecular weight is 369 g/mol. The van der Waals surface area contributed by atoms with Crippen molar-refractivity contribution < 1.29 is 35.7 Å². The van der Waals surface area contributed by atoms with E-state index in [1.165, 1.54) is 12.1 Å². The van der Waals surface area contributed by atoms with Crippen LogP contribution in [0.3, 0.4) is 0 Å². The number of aldehydes is 1. The fourth-order valence-corrected chi connectivity index (χ4v) is 1.87. The molecule has 1 aromatic rings. The zero-order chi connectivity index (χ0) is 19.1. The quantitative estimate of drug-likeness (QED) is 0.282. The molecule has 0 fully saturated rings. The number of phenols is 1. The van der Waals surface area contributed by atoms with Crippen LogP contribution in [0.15, 0.2) is 24.3 Å². The Morgan fingerprint density at radius 2 is 1.79 bits per heavy atom. The van der Waals surface area contributed by atoms with Crippen molar-refractivity contribution in [1.82, 2.24) is 0 Å². The molecule has 136 valence electrons. The van der Waals surface area contributed by atoms with Gasteiger partial charge in [0.15, 0.2) is 5.76 Å². The minimum Gasteiger partial charge on any atom is -0.507 e. The number of hydrogen-bond acceptors (Lipinski definition) is 6. The summed E-state index contributed by atoms with van der Waals surface area (Å²) in [6.07, 6.45) is 0.508. The fraction of sp³-hybridized carbons (Fsp3) is 0.357. The van der Waals surface area contributed by atoms with E-state index in [4.69, 9.17) is 0 Å². The number of allylic oxidation sites excluding steroid dienone is 1.